The topological polar surface area (TPSA) is 76.4 Å². The van der Waals surface area contributed by atoms with Crippen LogP contribution in [-0.4, -0.2) is 40.8 Å². The molecule has 22 heavy (non-hydrogen) atoms. The van der Waals surface area contributed by atoms with Gasteiger partial charge in [-0.05, 0) is 44.0 Å². The Morgan fingerprint density at radius 3 is 2.64 bits per heavy atom. The number of nitrogens with zero attached hydrogens (tertiary/aromatic N) is 1. The van der Waals surface area contributed by atoms with Gasteiger partial charge < -0.3 is 10.4 Å². The molecule has 5 nitrogen and oxygen atoms in total. The predicted octanol–water partition coefficient (Wildman–Crippen LogP) is 2.18. The van der Waals surface area contributed by atoms with Gasteiger partial charge in [0.05, 0.1) is 6.10 Å². The number of benzene rings is 1. The van der Waals surface area contributed by atoms with E-state index in [-0.39, 0.29) is 11.8 Å². The quantitative estimate of drug-likeness (QED) is 0.730. The Kier molecular flexibility index (Phi) is 5.46. The maximum Gasteiger partial charge on any atom is 0.273 e. The number of carbonyl (C=O) groups excluding carboxylic acids is 1. The lowest BCUT2D eigenvalue weighted by atomic mass is 10.2. The number of likely N-dealkylation sites (tertiary alicyclic amines) is 1. The average molecular weight is 301 g/mol. The Labute approximate surface area is 131 Å². The van der Waals surface area contributed by atoms with Gasteiger partial charge >= 0.3 is 0 Å². The lowest BCUT2D eigenvalue weighted by molar-refractivity contribution is -0.110. The van der Waals surface area contributed by atoms with Crippen LogP contribution in [0.15, 0.2) is 35.9 Å². The monoisotopic (exact) mass is 301 g/mol. The third-order valence-electron chi connectivity index (χ3n) is 3.54. The molecule has 1 heterocycles. The third kappa shape index (κ3) is 4.79. The summed E-state index contributed by atoms with van der Waals surface area (Å²) < 4.78 is 0. The van der Waals surface area contributed by atoms with Crippen molar-refractivity contribution in [1.29, 1.82) is 5.41 Å². The molecule has 0 aromatic heterocycles. The van der Waals surface area contributed by atoms with E-state index in [0.29, 0.717) is 5.69 Å². The summed E-state index contributed by atoms with van der Waals surface area (Å²) in [5.41, 5.74) is 2.70. The van der Waals surface area contributed by atoms with E-state index in [1.54, 1.807) is 6.08 Å². The minimum absolute atomic E-state index is 0.0462. The van der Waals surface area contributed by atoms with Gasteiger partial charge in [0.2, 0.25) is 0 Å². The summed E-state index contributed by atoms with van der Waals surface area (Å²) in [7, 11) is 0. The zero-order valence-electron chi connectivity index (χ0n) is 13.1. The van der Waals surface area contributed by atoms with Crippen molar-refractivity contribution in [3.05, 3.63) is 41.5 Å². The van der Waals surface area contributed by atoms with Crippen molar-refractivity contribution in [2.75, 3.05) is 18.4 Å². The highest BCUT2D eigenvalue weighted by Crippen LogP contribution is 2.15. The Hall–Kier alpha value is -1.98. The average Bonchev–Trinajstić information content (AvgIpc) is 2.85. The number of allylic oxidation sites excluding steroid dienone is 1. The van der Waals surface area contributed by atoms with Crippen molar-refractivity contribution >= 4 is 17.3 Å². The minimum Gasteiger partial charge on any atom is -0.392 e. The van der Waals surface area contributed by atoms with Crippen LogP contribution in [-0.2, 0) is 11.3 Å². The van der Waals surface area contributed by atoms with Crippen LogP contribution in [0, 0.1) is 5.41 Å². The van der Waals surface area contributed by atoms with E-state index < -0.39 is 5.91 Å². The molecule has 1 aliphatic heterocycles. The van der Waals surface area contributed by atoms with Crippen LogP contribution >= 0.6 is 0 Å². The second kappa shape index (κ2) is 7.33. The first-order chi connectivity index (χ1) is 10.4. The second-order valence-electron chi connectivity index (χ2n) is 5.96. The predicted molar refractivity (Wildman–Crippen MR) is 88.1 cm³/mol. The number of carbonyl (C=O) groups is 1. The normalized spacial score (nSPS) is 18.0. The van der Waals surface area contributed by atoms with Gasteiger partial charge in [-0.3, -0.25) is 15.1 Å². The summed E-state index contributed by atoms with van der Waals surface area (Å²) in [6, 6.07) is 7.61. The number of amides is 1. The van der Waals surface area contributed by atoms with Gasteiger partial charge in [-0.2, -0.15) is 0 Å². The molecule has 1 aromatic rings. The molecule has 0 saturated carbocycles. The molecule has 0 aliphatic carbocycles. The molecule has 1 unspecified atom stereocenters. The van der Waals surface area contributed by atoms with E-state index >= 15 is 0 Å². The van der Waals surface area contributed by atoms with Crippen molar-refractivity contribution in [3.63, 3.8) is 0 Å². The van der Waals surface area contributed by atoms with Crippen LogP contribution in [0.4, 0.5) is 5.69 Å². The number of anilines is 1. The van der Waals surface area contributed by atoms with E-state index in [0.717, 1.165) is 37.2 Å². The third-order valence-corrected chi connectivity index (χ3v) is 3.54. The molecular formula is C17H23N3O2. The smallest absolute Gasteiger partial charge is 0.273 e. The van der Waals surface area contributed by atoms with Crippen LogP contribution < -0.4 is 5.32 Å². The van der Waals surface area contributed by atoms with Gasteiger partial charge in [-0.1, -0.05) is 17.7 Å². The minimum atomic E-state index is -0.406. The highest BCUT2D eigenvalue weighted by molar-refractivity contribution is 6.46. The Morgan fingerprint density at radius 1 is 1.41 bits per heavy atom. The Balaban J connectivity index is 1.90. The molecule has 1 atom stereocenters. The summed E-state index contributed by atoms with van der Waals surface area (Å²) in [4.78, 5) is 14.0. The van der Waals surface area contributed by atoms with Crippen molar-refractivity contribution < 1.29 is 9.90 Å². The van der Waals surface area contributed by atoms with Gasteiger partial charge in [0.25, 0.3) is 5.91 Å². The molecule has 1 aromatic carbocycles. The Bertz CT molecular complexity index is 574. The van der Waals surface area contributed by atoms with Crippen LogP contribution in [0.3, 0.4) is 0 Å². The second-order valence-corrected chi connectivity index (χ2v) is 5.96. The number of β-amino-alcohol motifs (C(OH)–C–C–N with tert-alkyl or cyclic N) is 1. The molecular weight excluding hydrogens is 278 g/mol. The van der Waals surface area contributed by atoms with E-state index in [4.69, 9.17) is 5.41 Å². The van der Waals surface area contributed by atoms with Crippen LogP contribution in [0.5, 0.6) is 0 Å². The van der Waals surface area contributed by atoms with Crippen molar-refractivity contribution in [2.45, 2.75) is 32.9 Å². The maximum atomic E-state index is 11.8. The largest absolute Gasteiger partial charge is 0.392 e. The summed E-state index contributed by atoms with van der Waals surface area (Å²) in [5, 5.41) is 19.9. The molecule has 3 N–H and O–H groups in total. The summed E-state index contributed by atoms with van der Waals surface area (Å²) >= 11 is 0. The van der Waals surface area contributed by atoms with Gasteiger partial charge in [0, 0.05) is 25.3 Å². The van der Waals surface area contributed by atoms with Crippen molar-refractivity contribution in [1.82, 2.24) is 4.90 Å². The Morgan fingerprint density at radius 2 is 2.09 bits per heavy atom. The zero-order chi connectivity index (χ0) is 16.1. The van der Waals surface area contributed by atoms with Gasteiger partial charge in [0.1, 0.15) is 5.71 Å². The molecule has 2 rings (SSSR count). The number of hydrogen-bond donors (Lipinski definition) is 3. The van der Waals surface area contributed by atoms with E-state index in [9.17, 15) is 9.90 Å². The van der Waals surface area contributed by atoms with Crippen molar-refractivity contribution in [3.8, 4) is 0 Å². The summed E-state index contributed by atoms with van der Waals surface area (Å²) in [6.45, 7) is 6.15. The number of rotatable bonds is 5. The number of aliphatic hydroxyl groups excluding tert-OH is 1. The fraction of sp³-hybridized carbons (Fsp3) is 0.412. The maximum absolute atomic E-state index is 11.8. The van der Waals surface area contributed by atoms with E-state index in [1.165, 1.54) is 0 Å². The van der Waals surface area contributed by atoms with E-state index in [2.05, 4.69) is 10.2 Å². The summed E-state index contributed by atoms with van der Waals surface area (Å²) in [5.74, 6) is -0.406. The fourth-order valence-electron chi connectivity index (χ4n) is 2.46. The molecule has 1 saturated heterocycles. The molecule has 118 valence electrons. The first-order valence-corrected chi connectivity index (χ1v) is 7.48. The molecule has 0 spiro atoms. The van der Waals surface area contributed by atoms with Gasteiger partial charge in [0.15, 0.2) is 0 Å². The molecule has 1 amide bonds. The molecule has 0 bridgehead atoms. The number of hydrogen-bond acceptors (Lipinski definition) is 4. The molecule has 0 radical (unpaired) electrons. The van der Waals surface area contributed by atoms with Gasteiger partial charge in [-0.15, -0.1) is 0 Å². The van der Waals surface area contributed by atoms with Crippen LogP contribution in [0.1, 0.15) is 25.8 Å². The number of aliphatic hydroxyl groups is 1. The first kappa shape index (κ1) is 16.4. The molecule has 5 heteroatoms. The highest BCUT2D eigenvalue weighted by Gasteiger charge is 2.19. The standard InChI is InChI=1S/C17H23N3O2/c1-12(2)9-16(18)17(22)19-14-5-3-13(4-6-14)10-20-8-7-15(21)11-20/h3-6,9,15,18,21H,7-8,10-11H2,1-2H3,(H,19,22). The molecule has 1 fully saturated rings. The van der Waals surface area contributed by atoms with Gasteiger partial charge in [-0.25, -0.2) is 0 Å². The lowest BCUT2D eigenvalue weighted by Crippen LogP contribution is -2.22. The highest BCUT2D eigenvalue weighted by atomic mass is 16.3. The van der Waals surface area contributed by atoms with E-state index in [1.807, 2.05) is 38.1 Å². The zero-order valence-corrected chi connectivity index (χ0v) is 13.1. The first-order valence-electron chi connectivity index (χ1n) is 7.48. The number of nitrogens with one attached hydrogen (secondary N) is 2. The fourth-order valence-corrected chi connectivity index (χ4v) is 2.46. The SMILES string of the molecule is CC(C)=CC(=N)C(=O)Nc1ccc(CN2CCC(O)C2)cc1. The van der Waals surface area contributed by atoms with Crippen LogP contribution in [0.2, 0.25) is 0 Å². The van der Waals surface area contributed by atoms with Crippen LogP contribution in [0.25, 0.3) is 0 Å². The summed E-state index contributed by atoms with van der Waals surface area (Å²) in [6.07, 6.45) is 2.17. The van der Waals surface area contributed by atoms with Crippen molar-refractivity contribution in [2.24, 2.45) is 0 Å². The molecule has 1 aliphatic rings. The lowest BCUT2D eigenvalue weighted by Gasteiger charge is -2.15.